The molecule has 0 saturated carbocycles. The van der Waals surface area contributed by atoms with Gasteiger partial charge in [0.25, 0.3) is 0 Å². The van der Waals surface area contributed by atoms with Crippen LogP contribution in [-0.2, 0) is 16.1 Å². The second-order valence-corrected chi connectivity index (χ2v) is 15.8. The average molecular weight is 401 g/mol. The van der Waals surface area contributed by atoms with Crippen molar-refractivity contribution >= 4 is 38.7 Å². The second kappa shape index (κ2) is 7.75. The minimum atomic E-state index is -2.61. The number of halogens is 2. The third kappa shape index (κ3) is 3.12. The summed E-state index contributed by atoms with van der Waals surface area (Å²) in [5.74, 6) is 0. The number of fused-ring (bicyclic) bond motifs is 1. The Hall–Kier alpha value is -0.596. The van der Waals surface area contributed by atoms with E-state index < -0.39 is 16.1 Å². The number of rotatable bonds is 2. The van der Waals surface area contributed by atoms with Crippen LogP contribution < -0.4 is 4.00 Å². The third-order valence-electron chi connectivity index (χ3n) is 5.26. The predicted molar refractivity (Wildman–Crippen MR) is 109 cm³/mol. The smallest absolute Gasteiger partial charge is 0.147 e. The Morgan fingerprint density at radius 2 is 1.67 bits per heavy atom. The predicted octanol–water partition coefficient (Wildman–Crippen LogP) is 5.84. The molecule has 2 aromatic rings. The molecule has 1 heterocycles. The van der Waals surface area contributed by atoms with E-state index in [0.717, 1.165) is 0 Å². The fraction of sp³-hybridized carbons (Fsp3) is 0.350. The maximum atomic E-state index is 3.60. The summed E-state index contributed by atoms with van der Waals surface area (Å²) in [5, 5.41) is 0. The number of hydrogen-bond donors (Lipinski definition) is 1. The van der Waals surface area contributed by atoms with E-state index in [-0.39, 0.29) is 28.5 Å². The maximum Gasteiger partial charge on any atom is -0.147 e. The fourth-order valence-corrected chi connectivity index (χ4v) is 14.8. The third-order valence-corrected chi connectivity index (χ3v) is 15.5. The zero-order chi connectivity index (χ0) is 16.0. The number of hydrogen-bond acceptors (Lipinski definition) is 0. The summed E-state index contributed by atoms with van der Waals surface area (Å²) in [6.45, 7) is 12.0. The van der Waals surface area contributed by atoms with Crippen LogP contribution in [0.4, 0.5) is 0 Å². The summed E-state index contributed by atoms with van der Waals surface area (Å²) in [6, 6.07) is 13.4. The van der Waals surface area contributed by atoms with Crippen LogP contribution in [-0.4, -0.2) is 8.80 Å². The van der Waals surface area contributed by atoms with Gasteiger partial charge in [-0.05, 0) is 0 Å². The molecule has 0 amide bonds. The number of nitrogens with one attached hydrogen (secondary N) is 1. The summed E-state index contributed by atoms with van der Waals surface area (Å²) >= 11 is -2.61. The van der Waals surface area contributed by atoms with Crippen molar-refractivity contribution in [1.29, 1.82) is 0 Å². The van der Waals surface area contributed by atoms with E-state index in [1.807, 2.05) is 0 Å². The van der Waals surface area contributed by atoms with Crippen molar-refractivity contribution in [3.8, 4) is 0 Å². The standard InChI is InChI=1S/C9H7.C4H4N.C4H9.C3H6.2ClH.Ti/c1-2-5-9-7-3-6-8(9)4-1;1-2-4-5-3-1;1-4(2)3;1-3-2;;;/h1-7H;1-3,5H;1-3H3;1-2H3;2*1H;. The first kappa shape index (κ1) is 21.4. The van der Waals surface area contributed by atoms with Gasteiger partial charge >= 0.3 is 137 Å². The molecule has 131 valence electrons. The van der Waals surface area contributed by atoms with Crippen LogP contribution in [0.5, 0.6) is 0 Å². The molecule has 4 heteroatoms. The SMILES string of the molecule is C[C](C)=[Ti]([c]1ccc[nH]1)([CH]1C=Cc2ccccc21)[C](C)(C)C.Cl.Cl. The van der Waals surface area contributed by atoms with Crippen LogP contribution in [0.25, 0.3) is 6.08 Å². The zero-order valence-electron chi connectivity index (χ0n) is 15.1. The molecule has 0 radical (unpaired) electrons. The number of allylic oxidation sites excluding steroid dienone is 1. The molecular formula is C20H28Cl2NTi. The van der Waals surface area contributed by atoms with Crippen molar-refractivity contribution in [2.45, 2.75) is 42.6 Å². The van der Waals surface area contributed by atoms with Gasteiger partial charge in [-0.2, -0.15) is 0 Å². The van der Waals surface area contributed by atoms with Gasteiger partial charge in [0.2, 0.25) is 0 Å². The Bertz CT molecular complexity index is 763. The Morgan fingerprint density at radius 1 is 1.00 bits per heavy atom. The fourth-order valence-electron chi connectivity index (χ4n) is 4.57. The summed E-state index contributed by atoms with van der Waals surface area (Å²) in [5.41, 5.74) is 2.92. The molecule has 2 unspecified atom stereocenters. The molecule has 0 aliphatic heterocycles. The largest absolute Gasteiger partial charge is 0.147 e. The van der Waals surface area contributed by atoms with Crippen molar-refractivity contribution in [1.82, 2.24) is 4.98 Å². The number of aromatic nitrogens is 1. The molecular weight excluding hydrogens is 373 g/mol. The minimum Gasteiger partial charge on any atom is -0.147 e. The molecule has 0 saturated heterocycles. The molecule has 0 fully saturated rings. The van der Waals surface area contributed by atoms with E-state index in [2.05, 4.69) is 94.3 Å². The van der Waals surface area contributed by atoms with Crippen LogP contribution in [0.2, 0.25) is 3.72 Å². The molecule has 1 aliphatic carbocycles. The molecule has 1 aliphatic rings. The first-order valence-electron chi connectivity index (χ1n) is 8.10. The van der Waals surface area contributed by atoms with Crippen molar-refractivity contribution in [3.63, 3.8) is 0 Å². The molecule has 1 aromatic heterocycles. The van der Waals surface area contributed by atoms with Crippen molar-refractivity contribution in [2.24, 2.45) is 0 Å². The second-order valence-electron chi connectivity index (χ2n) is 7.61. The van der Waals surface area contributed by atoms with Crippen LogP contribution in [0, 0.1) is 0 Å². The molecule has 0 spiro atoms. The molecule has 2 atom stereocenters. The summed E-state index contributed by atoms with van der Waals surface area (Å²) in [4.78, 5) is 3.60. The van der Waals surface area contributed by atoms with Crippen LogP contribution in [0.15, 0.2) is 48.7 Å². The van der Waals surface area contributed by atoms with Crippen molar-refractivity contribution < 1.29 is 16.1 Å². The first-order valence-corrected chi connectivity index (χ1v) is 11.3. The van der Waals surface area contributed by atoms with Gasteiger partial charge in [-0.25, -0.2) is 0 Å². The van der Waals surface area contributed by atoms with E-state index in [9.17, 15) is 0 Å². The number of benzene rings is 1. The Balaban J connectivity index is 0.00000144. The normalized spacial score (nSPS) is 18.1. The maximum absolute atomic E-state index is 3.60. The van der Waals surface area contributed by atoms with Gasteiger partial charge in [0.1, 0.15) is 0 Å². The number of H-pyrrole nitrogens is 1. The monoisotopic (exact) mass is 400 g/mol. The summed E-state index contributed by atoms with van der Waals surface area (Å²) in [6.07, 6.45) is 6.90. The topological polar surface area (TPSA) is 15.8 Å². The first-order chi connectivity index (χ1) is 10.4. The minimum absolute atomic E-state index is 0. The molecule has 24 heavy (non-hydrogen) atoms. The van der Waals surface area contributed by atoms with Crippen molar-refractivity contribution in [3.05, 3.63) is 59.8 Å². The van der Waals surface area contributed by atoms with Crippen molar-refractivity contribution in [2.75, 3.05) is 0 Å². The summed E-state index contributed by atoms with van der Waals surface area (Å²) < 4.78 is 3.98. The van der Waals surface area contributed by atoms with Gasteiger partial charge in [-0.15, -0.1) is 24.8 Å². The zero-order valence-corrected chi connectivity index (χ0v) is 18.3. The Kier molecular flexibility index (Phi) is 6.92. The molecule has 3 rings (SSSR count). The van der Waals surface area contributed by atoms with E-state index >= 15 is 0 Å². The van der Waals surface area contributed by atoms with Gasteiger partial charge in [0.05, 0.1) is 0 Å². The van der Waals surface area contributed by atoms with E-state index in [1.54, 1.807) is 3.81 Å². The van der Waals surface area contributed by atoms with Gasteiger partial charge in [-0.3, -0.25) is 0 Å². The number of aromatic amines is 1. The molecule has 1 nitrogen and oxygen atoms in total. The van der Waals surface area contributed by atoms with E-state index in [4.69, 9.17) is 0 Å². The average Bonchev–Trinajstić information content (AvgIpc) is 3.08. The van der Waals surface area contributed by atoms with Crippen LogP contribution in [0.1, 0.15) is 50.0 Å². The quantitative estimate of drug-likeness (QED) is 0.609. The Morgan fingerprint density at radius 3 is 2.21 bits per heavy atom. The molecule has 1 N–H and O–H groups in total. The van der Waals surface area contributed by atoms with E-state index in [0.29, 0.717) is 4.22 Å². The van der Waals surface area contributed by atoms with Gasteiger partial charge < -0.3 is 0 Å². The molecule has 1 aromatic carbocycles. The van der Waals surface area contributed by atoms with Gasteiger partial charge in [-0.1, -0.05) is 0 Å². The molecule has 0 bridgehead atoms. The van der Waals surface area contributed by atoms with Crippen LogP contribution in [0.3, 0.4) is 0 Å². The van der Waals surface area contributed by atoms with E-state index in [1.165, 1.54) is 15.1 Å². The van der Waals surface area contributed by atoms with Gasteiger partial charge in [0, 0.05) is 0 Å². The van der Waals surface area contributed by atoms with Gasteiger partial charge in [0.15, 0.2) is 0 Å². The summed E-state index contributed by atoms with van der Waals surface area (Å²) in [7, 11) is 0. The Labute approximate surface area is 161 Å². The van der Waals surface area contributed by atoms with Crippen LogP contribution >= 0.6 is 24.8 Å².